The van der Waals surface area contributed by atoms with Crippen LogP contribution in [-0.2, 0) is 0 Å². The van der Waals surface area contributed by atoms with Crippen LogP contribution in [0.2, 0.25) is 0 Å². The molecule has 0 unspecified atom stereocenters. The van der Waals surface area contributed by atoms with E-state index < -0.39 is 0 Å². The van der Waals surface area contributed by atoms with Gasteiger partial charge in [-0.3, -0.25) is 4.79 Å². The molecule has 0 atom stereocenters. The van der Waals surface area contributed by atoms with Crippen LogP contribution in [-0.4, -0.2) is 15.2 Å². The van der Waals surface area contributed by atoms with Crippen molar-refractivity contribution in [2.75, 3.05) is 0 Å². The summed E-state index contributed by atoms with van der Waals surface area (Å²) in [6, 6.07) is 5.92. The number of nitrogens with one attached hydrogen (secondary N) is 1. The highest BCUT2D eigenvalue weighted by atomic mass is 16.3. The second-order valence-electron chi connectivity index (χ2n) is 2.72. The number of aromatic nitrogens is 1. The van der Waals surface area contributed by atoms with E-state index in [1.54, 1.807) is 12.1 Å². The summed E-state index contributed by atoms with van der Waals surface area (Å²) in [5.41, 5.74) is -0.0547. The standard InChI is InChI=1S/C9H7NO3/c11-6-3-1-5-2-4-7(12)10-8(5)9(6)13/h1-4,11,13H,(H,10,12). The Bertz CT molecular complexity index is 516. The Labute approximate surface area is 73.1 Å². The molecule has 0 radical (unpaired) electrons. The monoisotopic (exact) mass is 177 g/mol. The summed E-state index contributed by atoms with van der Waals surface area (Å²) in [5.74, 6) is -0.537. The smallest absolute Gasteiger partial charge is 0.248 e. The van der Waals surface area contributed by atoms with E-state index in [1.165, 1.54) is 12.1 Å². The van der Waals surface area contributed by atoms with Crippen molar-refractivity contribution in [2.24, 2.45) is 0 Å². The van der Waals surface area contributed by atoms with Gasteiger partial charge in [0.05, 0.1) is 5.52 Å². The molecule has 1 aromatic carbocycles. The van der Waals surface area contributed by atoms with E-state index in [2.05, 4.69) is 4.98 Å². The molecule has 0 fully saturated rings. The topological polar surface area (TPSA) is 73.3 Å². The van der Waals surface area contributed by atoms with Gasteiger partial charge >= 0.3 is 0 Å². The summed E-state index contributed by atoms with van der Waals surface area (Å²) in [5, 5.41) is 19.2. The van der Waals surface area contributed by atoms with Crippen LogP contribution < -0.4 is 5.56 Å². The largest absolute Gasteiger partial charge is 0.504 e. The van der Waals surface area contributed by atoms with Crippen molar-refractivity contribution < 1.29 is 10.2 Å². The first-order chi connectivity index (χ1) is 6.18. The van der Waals surface area contributed by atoms with Crippen molar-refractivity contribution in [1.82, 2.24) is 4.98 Å². The van der Waals surface area contributed by atoms with Crippen molar-refractivity contribution in [3.8, 4) is 11.5 Å². The Balaban J connectivity index is 2.97. The highest BCUT2D eigenvalue weighted by Crippen LogP contribution is 2.30. The van der Waals surface area contributed by atoms with Crippen LogP contribution in [0.5, 0.6) is 11.5 Å². The maximum absolute atomic E-state index is 10.9. The number of hydrogen-bond acceptors (Lipinski definition) is 3. The lowest BCUT2D eigenvalue weighted by atomic mass is 10.2. The molecule has 3 N–H and O–H groups in total. The van der Waals surface area contributed by atoms with Crippen LogP contribution in [0.15, 0.2) is 29.1 Å². The molecule has 0 aliphatic carbocycles. The minimum Gasteiger partial charge on any atom is -0.504 e. The Morgan fingerprint density at radius 3 is 2.54 bits per heavy atom. The van der Waals surface area contributed by atoms with Gasteiger partial charge in [-0.1, -0.05) is 0 Å². The molecule has 0 saturated carbocycles. The van der Waals surface area contributed by atoms with Gasteiger partial charge in [0.25, 0.3) is 0 Å². The number of aromatic amines is 1. The molecule has 0 amide bonds. The molecule has 4 heteroatoms. The van der Waals surface area contributed by atoms with Crippen LogP contribution >= 0.6 is 0 Å². The van der Waals surface area contributed by atoms with Crippen LogP contribution in [0.3, 0.4) is 0 Å². The van der Waals surface area contributed by atoms with E-state index in [9.17, 15) is 9.90 Å². The number of benzene rings is 1. The normalized spacial score (nSPS) is 10.5. The Morgan fingerprint density at radius 2 is 1.77 bits per heavy atom. The number of fused-ring (bicyclic) bond motifs is 1. The predicted molar refractivity (Wildman–Crippen MR) is 47.9 cm³/mol. The summed E-state index contributed by atoms with van der Waals surface area (Å²) in [4.78, 5) is 13.3. The molecule has 0 saturated heterocycles. The number of H-pyrrole nitrogens is 1. The van der Waals surface area contributed by atoms with Crippen LogP contribution in [0.1, 0.15) is 0 Å². The van der Waals surface area contributed by atoms with E-state index in [4.69, 9.17) is 5.11 Å². The number of hydrogen-bond donors (Lipinski definition) is 3. The van der Waals surface area contributed by atoms with E-state index in [-0.39, 0.29) is 22.6 Å². The van der Waals surface area contributed by atoms with Gasteiger partial charge < -0.3 is 15.2 Å². The third-order valence-corrected chi connectivity index (χ3v) is 1.85. The molecule has 0 spiro atoms. The number of pyridine rings is 1. The lowest BCUT2D eigenvalue weighted by molar-refractivity contribution is 0.407. The number of phenols is 2. The average Bonchev–Trinajstić information content (AvgIpc) is 2.12. The minimum absolute atomic E-state index is 0.241. The van der Waals surface area contributed by atoms with Gasteiger partial charge in [0.1, 0.15) is 0 Å². The zero-order valence-corrected chi connectivity index (χ0v) is 6.61. The quantitative estimate of drug-likeness (QED) is 0.524. The third kappa shape index (κ3) is 1.12. The number of phenolic OH excluding ortho intramolecular Hbond substituents is 2. The minimum atomic E-state index is -0.312. The molecule has 2 rings (SSSR count). The SMILES string of the molecule is O=c1ccc2ccc(O)c(O)c2[nH]1. The summed E-state index contributed by atoms with van der Waals surface area (Å²) < 4.78 is 0. The molecular weight excluding hydrogens is 170 g/mol. The molecule has 2 aromatic rings. The highest BCUT2D eigenvalue weighted by molar-refractivity contribution is 5.86. The summed E-state index contributed by atoms with van der Waals surface area (Å²) in [6.45, 7) is 0. The third-order valence-electron chi connectivity index (χ3n) is 1.85. The van der Waals surface area contributed by atoms with Crippen molar-refractivity contribution >= 4 is 10.9 Å². The van der Waals surface area contributed by atoms with Gasteiger partial charge in [0, 0.05) is 11.5 Å². The zero-order valence-electron chi connectivity index (χ0n) is 6.61. The molecular formula is C9H7NO3. The molecule has 0 aliphatic heterocycles. The molecule has 0 aliphatic rings. The van der Waals surface area contributed by atoms with E-state index in [0.29, 0.717) is 5.39 Å². The molecule has 13 heavy (non-hydrogen) atoms. The summed E-state index contributed by atoms with van der Waals surface area (Å²) >= 11 is 0. The predicted octanol–water partition coefficient (Wildman–Crippen LogP) is 0.939. The molecule has 1 heterocycles. The Kier molecular flexibility index (Phi) is 1.48. The molecule has 0 bridgehead atoms. The van der Waals surface area contributed by atoms with Gasteiger partial charge in [0.15, 0.2) is 11.5 Å². The van der Waals surface area contributed by atoms with Crippen molar-refractivity contribution in [1.29, 1.82) is 0 Å². The second-order valence-corrected chi connectivity index (χ2v) is 2.72. The fourth-order valence-corrected chi connectivity index (χ4v) is 1.20. The molecule has 1 aromatic heterocycles. The Morgan fingerprint density at radius 1 is 1.08 bits per heavy atom. The van der Waals surface area contributed by atoms with Crippen molar-refractivity contribution in [2.45, 2.75) is 0 Å². The van der Waals surface area contributed by atoms with Gasteiger partial charge in [0.2, 0.25) is 5.56 Å². The first kappa shape index (κ1) is 7.67. The lowest BCUT2D eigenvalue weighted by Crippen LogP contribution is -2.02. The zero-order chi connectivity index (χ0) is 9.42. The molecule has 66 valence electrons. The average molecular weight is 177 g/mol. The first-order valence-corrected chi connectivity index (χ1v) is 3.72. The van der Waals surface area contributed by atoms with Crippen LogP contribution in [0, 0.1) is 0 Å². The van der Waals surface area contributed by atoms with Gasteiger partial charge in [-0.25, -0.2) is 0 Å². The lowest BCUT2D eigenvalue weighted by Gasteiger charge is -2.01. The fourth-order valence-electron chi connectivity index (χ4n) is 1.20. The highest BCUT2D eigenvalue weighted by Gasteiger charge is 2.04. The summed E-state index contributed by atoms with van der Waals surface area (Å²) in [7, 11) is 0. The van der Waals surface area contributed by atoms with Crippen molar-refractivity contribution in [3.63, 3.8) is 0 Å². The maximum atomic E-state index is 10.9. The summed E-state index contributed by atoms with van der Waals surface area (Å²) in [6.07, 6.45) is 0. The van der Waals surface area contributed by atoms with E-state index in [1.807, 2.05) is 0 Å². The van der Waals surface area contributed by atoms with Crippen molar-refractivity contribution in [3.05, 3.63) is 34.6 Å². The first-order valence-electron chi connectivity index (χ1n) is 3.72. The number of rotatable bonds is 0. The second kappa shape index (κ2) is 2.52. The fraction of sp³-hybridized carbons (Fsp3) is 0. The maximum Gasteiger partial charge on any atom is 0.248 e. The van der Waals surface area contributed by atoms with E-state index in [0.717, 1.165) is 0 Å². The van der Waals surface area contributed by atoms with Crippen LogP contribution in [0.4, 0.5) is 0 Å². The van der Waals surface area contributed by atoms with E-state index >= 15 is 0 Å². The van der Waals surface area contributed by atoms with Gasteiger partial charge in [-0.2, -0.15) is 0 Å². The number of aromatic hydroxyl groups is 2. The van der Waals surface area contributed by atoms with Gasteiger partial charge in [-0.05, 0) is 18.2 Å². The van der Waals surface area contributed by atoms with Gasteiger partial charge in [-0.15, -0.1) is 0 Å². The molecule has 4 nitrogen and oxygen atoms in total. The Hall–Kier alpha value is -1.97. The van der Waals surface area contributed by atoms with Crippen LogP contribution in [0.25, 0.3) is 10.9 Å².